The minimum absolute atomic E-state index is 0.0537. The Labute approximate surface area is 91.0 Å². The predicted octanol–water partition coefficient (Wildman–Crippen LogP) is 0.597. The molecule has 0 spiro atoms. The molecule has 0 saturated carbocycles. The number of nitrogens with zero attached hydrogens (tertiary/aromatic N) is 3. The summed E-state index contributed by atoms with van der Waals surface area (Å²) >= 11 is 0. The number of para-hydroxylation sites is 2. The van der Waals surface area contributed by atoms with Gasteiger partial charge in [-0.3, -0.25) is 0 Å². The standard InChI is InChI=1S/C9H6N4O2S/c14-16(15)9-8-5-10-6-3-1-2-4-7(6)13(8)12-11-9/h1-5,10H. The largest absolute Gasteiger partial charge is 0.358 e. The molecule has 16 heavy (non-hydrogen) atoms. The van der Waals surface area contributed by atoms with Gasteiger partial charge in [-0.1, -0.05) is 17.3 Å². The molecule has 1 aromatic rings. The van der Waals surface area contributed by atoms with Crippen LogP contribution < -0.4 is 0 Å². The van der Waals surface area contributed by atoms with Gasteiger partial charge in [-0.05, 0) is 12.1 Å². The van der Waals surface area contributed by atoms with Gasteiger partial charge in [0.25, 0.3) is 0 Å². The summed E-state index contributed by atoms with van der Waals surface area (Å²) in [6.45, 7) is 0. The first-order valence-electron chi connectivity index (χ1n) is 4.51. The zero-order valence-corrected chi connectivity index (χ0v) is 8.77. The smallest absolute Gasteiger partial charge is 0.244 e. The molecule has 0 saturated heterocycles. The molecule has 3 rings (SSSR count). The van der Waals surface area contributed by atoms with Crippen LogP contribution in [0.4, 0.5) is 0 Å². The van der Waals surface area contributed by atoms with Gasteiger partial charge in [-0.25, -0.2) is 4.68 Å². The minimum atomic E-state index is -2.38. The maximum Gasteiger partial charge on any atom is 0.244 e. The van der Waals surface area contributed by atoms with Crippen LogP contribution in [0.2, 0.25) is 0 Å². The van der Waals surface area contributed by atoms with Crippen molar-refractivity contribution in [3.63, 3.8) is 0 Å². The van der Waals surface area contributed by atoms with Crippen molar-refractivity contribution in [1.29, 1.82) is 0 Å². The zero-order valence-electron chi connectivity index (χ0n) is 7.95. The maximum atomic E-state index is 10.9. The van der Waals surface area contributed by atoms with E-state index in [0.717, 1.165) is 11.0 Å². The van der Waals surface area contributed by atoms with Gasteiger partial charge in [0.15, 0.2) is 0 Å². The Morgan fingerprint density at radius 3 is 2.88 bits per heavy atom. The molecule has 0 bridgehead atoms. The lowest BCUT2D eigenvalue weighted by Gasteiger charge is -2.04. The average Bonchev–Trinajstić information content (AvgIpc) is 2.73. The molecule has 0 aliphatic carbocycles. The third kappa shape index (κ3) is 1.15. The van der Waals surface area contributed by atoms with Crippen LogP contribution in [0.5, 0.6) is 0 Å². The molecule has 0 radical (unpaired) electrons. The van der Waals surface area contributed by atoms with Gasteiger partial charge in [0, 0.05) is 6.20 Å². The summed E-state index contributed by atoms with van der Waals surface area (Å²) in [5.74, 6) is 0. The Kier molecular flexibility index (Phi) is 1.80. The molecule has 80 valence electrons. The molecular weight excluding hydrogens is 228 g/mol. The molecule has 1 N–H and O–H groups in total. The summed E-state index contributed by atoms with van der Waals surface area (Å²) in [6.07, 6.45) is 1.58. The fraction of sp³-hybridized carbons (Fsp3) is 0. The molecule has 2 aliphatic heterocycles. The van der Waals surface area contributed by atoms with Crippen molar-refractivity contribution in [1.82, 2.24) is 20.0 Å². The van der Waals surface area contributed by atoms with Crippen molar-refractivity contribution in [3.05, 3.63) is 35.1 Å². The molecule has 1 aromatic carbocycles. The Morgan fingerprint density at radius 2 is 2.06 bits per heavy atom. The molecular formula is C9H6N4O2S. The van der Waals surface area contributed by atoms with Crippen molar-refractivity contribution >= 4 is 21.3 Å². The van der Waals surface area contributed by atoms with E-state index in [2.05, 4.69) is 15.3 Å². The number of rotatable bonds is 0. The van der Waals surface area contributed by atoms with Gasteiger partial charge >= 0.3 is 0 Å². The molecule has 2 aliphatic rings. The van der Waals surface area contributed by atoms with Crippen LogP contribution in [0.3, 0.4) is 0 Å². The average molecular weight is 234 g/mol. The van der Waals surface area contributed by atoms with Crippen molar-refractivity contribution in [2.45, 2.75) is 0 Å². The Morgan fingerprint density at radius 1 is 1.25 bits per heavy atom. The maximum absolute atomic E-state index is 10.9. The second-order valence-corrected chi connectivity index (χ2v) is 4.09. The van der Waals surface area contributed by atoms with Gasteiger partial charge in [-0.2, -0.15) is 8.42 Å². The molecule has 0 unspecified atom stereocenters. The number of hydrogen-bond acceptors (Lipinski definition) is 4. The third-order valence-electron chi connectivity index (χ3n) is 2.33. The van der Waals surface area contributed by atoms with Gasteiger partial charge in [0.2, 0.25) is 14.9 Å². The summed E-state index contributed by atoms with van der Waals surface area (Å²) in [4.78, 5) is 3.00. The van der Waals surface area contributed by atoms with E-state index >= 15 is 0 Å². The highest BCUT2D eigenvalue weighted by Crippen LogP contribution is 2.16. The van der Waals surface area contributed by atoms with Crippen molar-refractivity contribution < 1.29 is 8.42 Å². The Bertz CT molecular complexity index is 807. The van der Waals surface area contributed by atoms with Crippen LogP contribution in [-0.4, -0.2) is 28.4 Å². The molecule has 0 atom stereocenters. The highest BCUT2D eigenvalue weighted by Gasteiger charge is 2.11. The first kappa shape index (κ1) is 9.10. The monoisotopic (exact) mass is 234 g/mol. The number of aromatic amines is 1. The molecule has 6 nitrogen and oxygen atoms in total. The highest BCUT2D eigenvalue weighted by atomic mass is 32.2. The molecule has 0 fully saturated rings. The van der Waals surface area contributed by atoms with Gasteiger partial charge in [0.1, 0.15) is 5.69 Å². The van der Waals surface area contributed by atoms with Gasteiger partial charge in [0.05, 0.1) is 11.0 Å². The van der Waals surface area contributed by atoms with E-state index in [4.69, 9.17) is 0 Å². The summed E-state index contributed by atoms with van der Waals surface area (Å²) in [6, 6.07) is 7.45. The quantitative estimate of drug-likeness (QED) is 0.577. The van der Waals surface area contributed by atoms with Crippen LogP contribution >= 0.6 is 0 Å². The number of aromatic nitrogens is 4. The lowest BCUT2D eigenvalue weighted by Crippen LogP contribution is -1.99. The second-order valence-electron chi connectivity index (χ2n) is 3.23. The molecule has 7 heteroatoms. The lowest BCUT2D eigenvalue weighted by atomic mass is 10.3. The van der Waals surface area contributed by atoms with Crippen molar-refractivity contribution in [2.75, 3.05) is 0 Å². The number of H-pyrrole nitrogens is 1. The number of benzene rings is 1. The van der Waals surface area contributed by atoms with Crippen LogP contribution in [0.1, 0.15) is 0 Å². The highest BCUT2D eigenvalue weighted by molar-refractivity contribution is 7.63. The summed E-state index contributed by atoms with van der Waals surface area (Å²) in [5.41, 5.74) is 2.08. The topological polar surface area (TPSA) is 80.6 Å². The van der Waals surface area contributed by atoms with Crippen molar-refractivity contribution in [3.8, 4) is 5.69 Å². The van der Waals surface area contributed by atoms with Gasteiger partial charge in [-0.15, -0.1) is 5.10 Å². The second kappa shape index (κ2) is 3.17. The zero-order chi connectivity index (χ0) is 11.1. The molecule has 2 heterocycles. The van der Waals surface area contributed by atoms with Crippen LogP contribution in [0.15, 0.2) is 30.5 Å². The van der Waals surface area contributed by atoms with E-state index in [9.17, 15) is 8.42 Å². The van der Waals surface area contributed by atoms with Crippen LogP contribution in [0, 0.1) is 4.64 Å². The van der Waals surface area contributed by atoms with Crippen molar-refractivity contribution in [2.24, 2.45) is 0 Å². The van der Waals surface area contributed by atoms with E-state index in [1.165, 1.54) is 4.68 Å². The first-order valence-corrected chi connectivity index (χ1v) is 5.59. The normalized spacial score (nSPS) is 11.0. The van der Waals surface area contributed by atoms with E-state index in [0.29, 0.717) is 5.69 Å². The summed E-state index contributed by atoms with van der Waals surface area (Å²) < 4.78 is 23.2. The summed E-state index contributed by atoms with van der Waals surface area (Å²) in [5, 5.41) is 7.45. The molecule has 0 aromatic heterocycles. The minimum Gasteiger partial charge on any atom is -0.358 e. The summed E-state index contributed by atoms with van der Waals surface area (Å²) in [7, 11) is -2.38. The SMILES string of the molecule is O=S(=O)=c1nnn2c3ccccc3[nH]cc1-2. The molecule has 0 amide bonds. The number of fused-ring (bicyclic) bond motifs is 3. The van der Waals surface area contributed by atoms with E-state index in [1.807, 2.05) is 24.3 Å². The fourth-order valence-corrected chi connectivity index (χ4v) is 2.04. The Balaban J connectivity index is 2.61. The fourth-order valence-electron chi connectivity index (χ4n) is 1.62. The van der Waals surface area contributed by atoms with Crippen LogP contribution in [0.25, 0.3) is 16.7 Å². The first-order chi connectivity index (χ1) is 7.77. The predicted molar refractivity (Wildman–Crippen MR) is 56.6 cm³/mol. The number of hydrogen-bond donors (Lipinski definition) is 1. The van der Waals surface area contributed by atoms with E-state index < -0.39 is 10.3 Å². The van der Waals surface area contributed by atoms with E-state index in [1.54, 1.807) is 6.20 Å². The third-order valence-corrected chi connectivity index (χ3v) is 2.93. The Hall–Kier alpha value is -2.15. The van der Waals surface area contributed by atoms with Gasteiger partial charge < -0.3 is 4.98 Å². The van der Waals surface area contributed by atoms with E-state index in [-0.39, 0.29) is 4.64 Å². The number of nitrogens with one attached hydrogen (secondary N) is 1. The lowest BCUT2D eigenvalue weighted by molar-refractivity contribution is 0.624. The van der Waals surface area contributed by atoms with Crippen LogP contribution in [-0.2, 0) is 10.3 Å².